The number of aromatic amines is 1. The number of hydrogen-bond acceptors (Lipinski definition) is 7. The monoisotopic (exact) mass is 356 g/mol. The average Bonchev–Trinajstić information content (AvgIpc) is 3.03. The predicted molar refractivity (Wildman–Crippen MR) is 96.0 cm³/mol. The largest absolute Gasteiger partial charge is 0.460 e. The van der Waals surface area contributed by atoms with Gasteiger partial charge in [0.2, 0.25) is 5.95 Å². The van der Waals surface area contributed by atoms with Crippen LogP contribution in [0.1, 0.15) is 18.4 Å². The highest BCUT2D eigenvalue weighted by Gasteiger charge is 2.15. The molecule has 0 aliphatic rings. The highest BCUT2D eigenvalue weighted by atomic mass is 16.5. The third-order valence-corrected chi connectivity index (χ3v) is 3.93. The second kappa shape index (κ2) is 7.79. The van der Waals surface area contributed by atoms with Crippen molar-refractivity contribution in [3.63, 3.8) is 0 Å². The zero-order valence-electron chi connectivity index (χ0n) is 14.1. The van der Waals surface area contributed by atoms with E-state index in [1.807, 2.05) is 30.3 Å². The minimum Gasteiger partial charge on any atom is -0.460 e. The van der Waals surface area contributed by atoms with Crippen molar-refractivity contribution >= 4 is 23.1 Å². The van der Waals surface area contributed by atoms with Gasteiger partial charge >= 0.3 is 5.97 Å². The minimum atomic E-state index is -0.713. The lowest BCUT2D eigenvalue weighted by atomic mass is 10.1. The molecule has 1 atom stereocenters. The quantitative estimate of drug-likeness (QED) is 0.525. The first kappa shape index (κ1) is 17.6. The summed E-state index contributed by atoms with van der Waals surface area (Å²) in [7, 11) is 0. The molecule has 0 spiro atoms. The topological polar surface area (TPSA) is 142 Å². The number of carbonyl (C=O) groups excluding carboxylic acids is 1. The van der Waals surface area contributed by atoms with Gasteiger partial charge in [0, 0.05) is 6.54 Å². The minimum absolute atomic E-state index is 0.0328. The van der Waals surface area contributed by atoms with Gasteiger partial charge in [-0.1, -0.05) is 30.3 Å². The Morgan fingerprint density at radius 3 is 2.85 bits per heavy atom. The zero-order valence-corrected chi connectivity index (χ0v) is 14.1. The molecule has 0 amide bonds. The van der Waals surface area contributed by atoms with Crippen LogP contribution < -0.4 is 17.0 Å². The number of nitrogens with one attached hydrogen (secondary N) is 1. The number of anilines is 1. The number of nitrogen functional groups attached to an aromatic ring is 1. The second-order valence-electron chi connectivity index (χ2n) is 5.90. The van der Waals surface area contributed by atoms with Gasteiger partial charge in [-0.05, 0) is 18.4 Å². The molecular formula is C17H20N6O3. The molecule has 9 nitrogen and oxygen atoms in total. The molecule has 3 aromatic rings. The van der Waals surface area contributed by atoms with Crippen molar-refractivity contribution in [3.05, 3.63) is 52.6 Å². The molecule has 0 aliphatic carbocycles. The maximum atomic E-state index is 12.0. The summed E-state index contributed by atoms with van der Waals surface area (Å²) in [5, 5.41) is 0. The molecule has 5 N–H and O–H groups in total. The van der Waals surface area contributed by atoms with Gasteiger partial charge in [0.05, 0.1) is 6.33 Å². The van der Waals surface area contributed by atoms with Crippen molar-refractivity contribution in [2.24, 2.45) is 5.73 Å². The van der Waals surface area contributed by atoms with Crippen LogP contribution in [-0.2, 0) is 22.7 Å². The van der Waals surface area contributed by atoms with Gasteiger partial charge in [-0.2, -0.15) is 4.98 Å². The molecule has 0 radical (unpaired) electrons. The number of ether oxygens (including phenoxy) is 1. The van der Waals surface area contributed by atoms with Crippen molar-refractivity contribution in [2.75, 3.05) is 5.73 Å². The van der Waals surface area contributed by atoms with Gasteiger partial charge in [-0.15, -0.1) is 0 Å². The SMILES string of the molecule is Nc1nc2c(ncn2CCC[C@@H](N)C(=O)OCc2ccccc2)c(=O)[nH]1. The predicted octanol–water partition coefficient (Wildman–Crippen LogP) is 0.553. The second-order valence-corrected chi connectivity index (χ2v) is 5.90. The Morgan fingerprint density at radius 1 is 1.31 bits per heavy atom. The van der Waals surface area contributed by atoms with Crippen LogP contribution in [0.5, 0.6) is 0 Å². The van der Waals surface area contributed by atoms with Crippen molar-refractivity contribution in [2.45, 2.75) is 32.0 Å². The molecule has 2 heterocycles. The molecule has 0 unspecified atom stereocenters. The van der Waals surface area contributed by atoms with Crippen LogP contribution in [0.2, 0.25) is 0 Å². The fourth-order valence-corrected chi connectivity index (χ4v) is 2.57. The van der Waals surface area contributed by atoms with Crippen molar-refractivity contribution in [3.8, 4) is 0 Å². The van der Waals surface area contributed by atoms with E-state index in [4.69, 9.17) is 16.2 Å². The number of H-pyrrole nitrogens is 1. The van der Waals surface area contributed by atoms with Gasteiger partial charge in [0.25, 0.3) is 5.56 Å². The molecule has 3 rings (SSSR count). The maximum Gasteiger partial charge on any atom is 0.323 e. The van der Waals surface area contributed by atoms with E-state index >= 15 is 0 Å². The Balaban J connectivity index is 1.51. The fourth-order valence-electron chi connectivity index (χ4n) is 2.57. The summed E-state index contributed by atoms with van der Waals surface area (Å²) < 4.78 is 6.93. The summed E-state index contributed by atoms with van der Waals surface area (Å²) in [6, 6.07) is 8.70. The van der Waals surface area contributed by atoms with E-state index in [0.717, 1.165) is 5.56 Å². The van der Waals surface area contributed by atoms with Crippen LogP contribution >= 0.6 is 0 Å². The molecule has 0 aliphatic heterocycles. The van der Waals surface area contributed by atoms with Crippen LogP contribution in [-0.4, -0.2) is 31.5 Å². The van der Waals surface area contributed by atoms with Gasteiger partial charge in [-0.25, -0.2) is 4.98 Å². The number of nitrogens with zero attached hydrogens (tertiary/aromatic N) is 3. The van der Waals surface area contributed by atoms with E-state index in [0.29, 0.717) is 25.0 Å². The Bertz CT molecular complexity index is 950. The number of nitrogens with two attached hydrogens (primary N) is 2. The van der Waals surface area contributed by atoms with E-state index in [9.17, 15) is 9.59 Å². The van der Waals surface area contributed by atoms with Crippen molar-refractivity contribution in [1.82, 2.24) is 19.5 Å². The highest BCUT2D eigenvalue weighted by Crippen LogP contribution is 2.09. The van der Waals surface area contributed by atoms with E-state index in [1.54, 1.807) is 4.57 Å². The summed E-state index contributed by atoms with van der Waals surface area (Å²) in [5.41, 5.74) is 12.6. The number of aromatic nitrogens is 4. The Morgan fingerprint density at radius 2 is 2.08 bits per heavy atom. The van der Waals surface area contributed by atoms with Crippen LogP contribution in [0.4, 0.5) is 5.95 Å². The molecule has 136 valence electrons. The third-order valence-electron chi connectivity index (χ3n) is 3.93. The first-order valence-corrected chi connectivity index (χ1v) is 8.21. The normalized spacial score (nSPS) is 12.2. The number of imidazole rings is 1. The number of fused-ring (bicyclic) bond motifs is 1. The third kappa shape index (κ3) is 4.06. The summed E-state index contributed by atoms with van der Waals surface area (Å²) in [4.78, 5) is 34.2. The van der Waals surface area contributed by atoms with Crippen LogP contribution in [0, 0.1) is 0 Å². The molecule has 9 heteroatoms. The summed E-state index contributed by atoms with van der Waals surface area (Å²) in [6.07, 6.45) is 2.55. The highest BCUT2D eigenvalue weighted by molar-refractivity contribution is 5.75. The Hall–Kier alpha value is -3.20. The van der Waals surface area contributed by atoms with Gasteiger partial charge in [-0.3, -0.25) is 14.6 Å². The lowest BCUT2D eigenvalue weighted by Gasteiger charge is -2.12. The van der Waals surface area contributed by atoms with E-state index < -0.39 is 12.0 Å². The average molecular weight is 356 g/mol. The lowest BCUT2D eigenvalue weighted by Crippen LogP contribution is -2.32. The van der Waals surface area contributed by atoms with E-state index in [1.165, 1.54) is 6.33 Å². The van der Waals surface area contributed by atoms with Crippen LogP contribution in [0.15, 0.2) is 41.5 Å². The Kier molecular flexibility index (Phi) is 5.28. The van der Waals surface area contributed by atoms with Crippen molar-refractivity contribution in [1.29, 1.82) is 0 Å². The van der Waals surface area contributed by atoms with Gasteiger partial charge in [0.1, 0.15) is 12.6 Å². The number of rotatable bonds is 7. The number of benzene rings is 1. The molecule has 1 aromatic carbocycles. The zero-order chi connectivity index (χ0) is 18.5. The first-order chi connectivity index (χ1) is 12.5. The van der Waals surface area contributed by atoms with Crippen molar-refractivity contribution < 1.29 is 9.53 Å². The standard InChI is InChI=1S/C17H20N6O3/c18-12(16(25)26-9-11-5-2-1-3-6-11)7-4-8-23-10-20-13-14(23)21-17(19)22-15(13)24/h1-3,5-6,10,12H,4,7-9,18H2,(H3,19,21,22,24)/t12-/m1/s1. The smallest absolute Gasteiger partial charge is 0.323 e. The lowest BCUT2D eigenvalue weighted by molar-refractivity contribution is -0.146. The first-order valence-electron chi connectivity index (χ1n) is 8.21. The summed E-state index contributed by atoms with van der Waals surface area (Å²) in [6.45, 7) is 0.706. The summed E-state index contributed by atoms with van der Waals surface area (Å²) in [5.74, 6) is -0.409. The molecule has 0 saturated heterocycles. The molecular weight excluding hydrogens is 336 g/mol. The van der Waals surface area contributed by atoms with Gasteiger partial charge < -0.3 is 20.8 Å². The number of aryl methyl sites for hydroxylation is 1. The number of carbonyl (C=O) groups is 1. The van der Waals surface area contributed by atoms with Crippen LogP contribution in [0.25, 0.3) is 11.2 Å². The number of esters is 1. The van der Waals surface area contributed by atoms with Crippen LogP contribution in [0.3, 0.4) is 0 Å². The van der Waals surface area contributed by atoms with E-state index in [2.05, 4.69) is 15.0 Å². The fraction of sp³-hybridized carbons (Fsp3) is 0.294. The molecule has 26 heavy (non-hydrogen) atoms. The van der Waals surface area contributed by atoms with E-state index in [-0.39, 0.29) is 23.6 Å². The number of hydrogen-bond donors (Lipinski definition) is 3. The summed E-state index contributed by atoms with van der Waals surface area (Å²) >= 11 is 0. The van der Waals surface area contributed by atoms with Gasteiger partial charge in [0.15, 0.2) is 11.2 Å². The molecule has 0 fully saturated rings. The Labute approximate surface area is 149 Å². The molecule has 0 bridgehead atoms. The molecule has 0 saturated carbocycles. The maximum absolute atomic E-state index is 12.0. The molecule has 2 aromatic heterocycles.